The van der Waals surface area contributed by atoms with Gasteiger partial charge in [0.25, 0.3) is 5.91 Å². The Hall–Kier alpha value is -2.80. The number of benzene rings is 1. The summed E-state index contributed by atoms with van der Waals surface area (Å²) >= 11 is 0. The van der Waals surface area contributed by atoms with Gasteiger partial charge in [-0.3, -0.25) is 19.4 Å². The van der Waals surface area contributed by atoms with Crippen LogP contribution in [-0.4, -0.2) is 52.5 Å². The van der Waals surface area contributed by atoms with Crippen molar-refractivity contribution < 1.29 is 14.0 Å². The number of carbonyl (C=O) groups excluding carboxylic acids is 1. The van der Waals surface area contributed by atoms with Crippen molar-refractivity contribution in [3.8, 4) is 0 Å². The largest absolute Gasteiger partial charge is 0.352 e. The van der Waals surface area contributed by atoms with Crippen LogP contribution >= 0.6 is 0 Å². The molecule has 0 fully saturated rings. The number of carbonyl (C=O) groups is 1. The lowest BCUT2D eigenvalue weighted by atomic mass is 10.1. The Bertz CT molecular complexity index is 876. The van der Waals surface area contributed by atoms with E-state index >= 15 is 0 Å². The van der Waals surface area contributed by atoms with E-state index in [1.165, 1.54) is 6.07 Å². The highest BCUT2D eigenvalue weighted by Crippen LogP contribution is 2.38. The molecule has 3 aliphatic rings. The Labute approximate surface area is 158 Å². The first-order chi connectivity index (χ1) is 13.0. The SMILES string of the molecule is CCN1CC(C)=CC2=C1N1CN(OC)C=C1C(=O)N2Cc1ccccc1F. The second kappa shape index (κ2) is 6.74. The fraction of sp³-hybridized carbons (Fsp3) is 0.350. The second-order valence-corrected chi connectivity index (χ2v) is 6.88. The molecule has 1 aromatic carbocycles. The molecule has 0 N–H and O–H groups in total. The Balaban J connectivity index is 1.83. The Morgan fingerprint density at radius 3 is 2.74 bits per heavy atom. The van der Waals surface area contributed by atoms with Crippen LogP contribution in [0.25, 0.3) is 0 Å². The third kappa shape index (κ3) is 2.88. The van der Waals surface area contributed by atoms with Crippen LogP contribution in [0.4, 0.5) is 4.39 Å². The lowest BCUT2D eigenvalue weighted by Gasteiger charge is -2.44. The van der Waals surface area contributed by atoms with E-state index in [1.54, 1.807) is 41.5 Å². The lowest BCUT2D eigenvalue weighted by molar-refractivity contribution is -0.129. The number of likely N-dealkylation sites (N-methyl/N-ethyl adjacent to an activating group) is 1. The van der Waals surface area contributed by atoms with Gasteiger partial charge in [-0.25, -0.2) is 9.45 Å². The van der Waals surface area contributed by atoms with Gasteiger partial charge in [0.2, 0.25) is 0 Å². The third-order valence-corrected chi connectivity index (χ3v) is 5.10. The molecule has 6 nitrogen and oxygen atoms in total. The van der Waals surface area contributed by atoms with Crippen molar-refractivity contribution >= 4 is 5.91 Å². The van der Waals surface area contributed by atoms with Crippen LogP contribution in [0.1, 0.15) is 19.4 Å². The summed E-state index contributed by atoms with van der Waals surface area (Å²) in [7, 11) is 1.58. The molecule has 4 rings (SSSR count). The van der Waals surface area contributed by atoms with Gasteiger partial charge in [-0.2, -0.15) is 0 Å². The summed E-state index contributed by atoms with van der Waals surface area (Å²) in [5, 5.41) is 1.63. The van der Waals surface area contributed by atoms with Crippen molar-refractivity contribution in [2.45, 2.75) is 20.4 Å². The van der Waals surface area contributed by atoms with Gasteiger partial charge in [-0.05, 0) is 26.0 Å². The molecule has 142 valence electrons. The van der Waals surface area contributed by atoms with Crippen LogP contribution in [0.15, 0.2) is 59.3 Å². The molecule has 0 aromatic heterocycles. The van der Waals surface area contributed by atoms with E-state index in [4.69, 9.17) is 4.84 Å². The van der Waals surface area contributed by atoms with Gasteiger partial charge < -0.3 is 4.90 Å². The van der Waals surface area contributed by atoms with Gasteiger partial charge in [-0.15, -0.1) is 0 Å². The number of rotatable bonds is 4. The molecule has 0 saturated heterocycles. The normalized spacial score (nSPS) is 19.3. The van der Waals surface area contributed by atoms with E-state index in [2.05, 4.69) is 18.7 Å². The highest BCUT2D eigenvalue weighted by molar-refractivity contribution is 5.96. The van der Waals surface area contributed by atoms with E-state index in [-0.39, 0.29) is 18.3 Å². The molecule has 0 bridgehead atoms. The van der Waals surface area contributed by atoms with E-state index in [0.717, 1.165) is 30.2 Å². The van der Waals surface area contributed by atoms with E-state index in [9.17, 15) is 9.18 Å². The van der Waals surface area contributed by atoms with Crippen molar-refractivity contribution in [1.29, 1.82) is 0 Å². The van der Waals surface area contributed by atoms with Crippen molar-refractivity contribution in [3.05, 3.63) is 70.7 Å². The van der Waals surface area contributed by atoms with Crippen LogP contribution in [0.3, 0.4) is 0 Å². The fourth-order valence-corrected chi connectivity index (χ4v) is 3.78. The van der Waals surface area contributed by atoms with Crippen molar-refractivity contribution in [2.24, 2.45) is 0 Å². The molecular weight excluding hydrogens is 347 g/mol. The summed E-state index contributed by atoms with van der Waals surface area (Å²) in [4.78, 5) is 24.5. The predicted octanol–water partition coefficient (Wildman–Crippen LogP) is 2.60. The molecule has 1 amide bonds. The quantitative estimate of drug-likeness (QED) is 0.815. The zero-order valence-corrected chi connectivity index (χ0v) is 15.8. The molecule has 27 heavy (non-hydrogen) atoms. The Morgan fingerprint density at radius 2 is 2.04 bits per heavy atom. The number of nitrogens with zero attached hydrogens (tertiary/aromatic N) is 4. The van der Waals surface area contributed by atoms with Crippen LogP contribution < -0.4 is 0 Å². The first kappa shape index (κ1) is 17.6. The third-order valence-electron chi connectivity index (χ3n) is 5.10. The Kier molecular flexibility index (Phi) is 4.39. The average molecular weight is 370 g/mol. The summed E-state index contributed by atoms with van der Waals surface area (Å²) in [6.45, 7) is 6.39. The van der Waals surface area contributed by atoms with Crippen LogP contribution in [0, 0.1) is 5.82 Å². The minimum Gasteiger partial charge on any atom is -0.352 e. The van der Waals surface area contributed by atoms with Crippen molar-refractivity contribution in [1.82, 2.24) is 19.8 Å². The van der Waals surface area contributed by atoms with Crippen LogP contribution in [-0.2, 0) is 16.2 Å². The first-order valence-corrected chi connectivity index (χ1v) is 9.05. The smallest absolute Gasteiger partial charge is 0.277 e. The second-order valence-electron chi connectivity index (χ2n) is 6.88. The fourth-order valence-electron chi connectivity index (χ4n) is 3.78. The molecule has 0 saturated carbocycles. The molecule has 1 aromatic rings. The highest BCUT2D eigenvalue weighted by atomic mass is 19.1. The monoisotopic (exact) mass is 370 g/mol. The maximum Gasteiger partial charge on any atom is 0.277 e. The van der Waals surface area contributed by atoms with Crippen molar-refractivity contribution in [3.63, 3.8) is 0 Å². The summed E-state index contributed by atoms with van der Waals surface area (Å²) in [5.41, 5.74) is 3.01. The van der Waals surface area contributed by atoms with Crippen molar-refractivity contribution in [2.75, 3.05) is 26.9 Å². The zero-order valence-electron chi connectivity index (χ0n) is 15.8. The summed E-state index contributed by atoms with van der Waals surface area (Å²) < 4.78 is 14.3. The van der Waals surface area contributed by atoms with E-state index in [1.807, 2.05) is 11.0 Å². The average Bonchev–Trinajstić information content (AvgIpc) is 3.10. The molecule has 0 unspecified atom stereocenters. The minimum atomic E-state index is -0.308. The maximum absolute atomic E-state index is 14.3. The minimum absolute atomic E-state index is 0.154. The van der Waals surface area contributed by atoms with Gasteiger partial charge in [0.15, 0.2) is 0 Å². The van der Waals surface area contributed by atoms with E-state index < -0.39 is 0 Å². The predicted molar refractivity (Wildman–Crippen MR) is 98.6 cm³/mol. The van der Waals surface area contributed by atoms with Gasteiger partial charge in [0.1, 0.15) is 24.0 Å². The lowest BCUT2D eigenvalue weighted by Crippen LogP contribution is -2.49. The van der Waals surface area contributed by atoms with Crippen LogP contribution in [0.2, 0.25) is 0 Å². The molecule has 0 radical (unpaired) electrons. The van der Waals surface area contributed by atoms with Gasteiger partial charge >= 0.3 is 0 Å². The number of hydrogen-bond donors (Lipinski definition) is 0. The standard InChI is InChI=1S/C20H23FN4O2/c1-4-22-10-14(2)9-17-19(22)25-13-23(27-3)12-18(25)20(26)24(17)11-15-7-5-6-8-16(15)21/h5-9,12H,4,10-11,13H2,1-3H3. The van der Waals surface area contributed by atoms with Gasteiger partial charge in [0.05, 0.1) is 25.6 Å². The number of amides is 1. The molecule has 0 atom stereocenters. The summed E-state index contributed by atoms with van der Waals surface area (Å²) in [6.07, 6.45) is 3.74. The molecule has 3 aliphatic heterocycles. The molecule has 3 heterocycles. The van der Waals surface area contributed by atoms with E-state index in [0.29, 0.717) is 17.9 Å². The molecule has 7 heteroatoms. The zero-order chi connectivity index (χ0) is 19.1. The highest BCUT2D eigenvalue weighted by Gasteiger charge is 2.42. The maximum atomic E-state index is 14.3. The van der Waals surface area contributed by atoms with Gasteiger partial charge in [-0.1, -0.05) is 23.8 Å². The van der Waals surface area contributed by atoms with Crippen LogP contribution in [0.5, 0.6) is 0 Å². The van der Waals surface area contributed by atoms with Gasteiger partial charge in [0, 0.05) is 18.7 Å². The molecule has 0 aliphatic carbocycles. The topological polar surface area (TPSA) is 39.3 Å². The molecule has 0 spiro atoms. The number of hydrogen-bond acceptors (Lipinski definition) is 5. The number of fused-ring (bicyclic) bond motifs is 2. The number of halogens is 1. The first-order valence-electron chi connectivity index (χ1n) is 9.05. The number of allylic oxidation sites excluding steroid dienone is 1. The molecular formula is C20H23FN4O2. The summed E-state index contributed by atoms with van der Waals surface area (Å²) in [5.74, 6) is 0.501. The Morgan fingerprint density at radius 1 is 1.26 bits per heavy atom. The summed E-state index contributed by atoms with van der Waals surface area (Å²) in [6, 6.07) is 6.59. The number of hydroxylamine groups is 2.